The lowest BCUT2D eigenvalue weighted by Crippen LogP contribution is -2.26. The summed E-state index contributed by atoms with van der Waals surface area (Å²) >= 11 is 0. The van der Waals surface area contributed by atoms with Crippen molar-refractivity contribution in [1.82, 2.24) is 14.7 Å². The topological polar surface area (TPSA) is 164 Å². The third kappa shape index (κ3) is 3.90. The van der Waals surface area contributed by atoms with E-state index in [-0.39, 0.29) is 11.9 Å². The van der Waals surface area contributed by atoms with E-state index in [4.69, 9.17) is 32.0 Å². The molecule has 0 fully saturated rings. The van der Waals surface area contributed by atoms with Gasteiger partial charge in [-0.25, -0.2) is 0 Å². The number of aromatic nitrogens is 3. The molecule has 9 nitrogen and oxygen atoms in total. The summed E-state index contributed by atoms with van der Waals surface area (Å²) in [6.45, 7) is 1.08. The summed E-state index contributed by atoms with van der Waals surface area (Å²) in [6, 6.07) is 0. The molecule has 0 amide bonds. The molecule has 1 heterocycles. The van der Waals surface area contributed by atoms with E-state index in [2.05, 4.69) is 9.97 Å². The Morgan fingerprint density at radius 2 is 1.93 bits per heavy atom. The predicted octanol–water partition coefficient (Wildman–Crippen LogP) is -1.75. The van der Waals surface area contributed by atoms with E-state index in [1.54, 1.807) is 0 Å². The number of carboxylic acids is 1. The third-order valence-corrected chi connectivity index (χ3v) is 0.867. The van der Waals surface area contributed by atoms with E-state index < -0.39 is 11.6 Å². The van der Waals surface area contributed by atoms with E-state index in [1.165, 1.54) is 0 Å². The van der Waals surface area contributed by atoms with Crippen LogP contribution in [0.5, 0.6) is 0 Å². The first kappa shape index (κ1) is 11.7. The van der Waals surface area contributed by atoms with Gasteiger partial charge in [0.15, 0.2) is 0 Å². The van der Waals surface area contributed by atoms with E-state index >= 15 is 0 Å². The Morgan fingerprint density at radius 1 is 1.50 bits per heavy atom. The molecular formula is C5H10N6O3. The maximum absolute atomic E-state index is 9.00. The van der Waals surface area contributed by atoms with Crippen LogP contribution in [0.2, 0.25) is 0 Å². The molecule has 0 bridgehead atoms. The molecule has 0 aromatic carbocycles. The average Bonchev–Trinajstić information content (AvgIpc) is 1.98. The van der Waals surface area contributed by atoms with Crippen LogP contribution in [0.3, 0.4) is 0 Å². The van der Waals surface area contributed by atoms with Crippen LogP contribution >= 0.6 is 0 Å². The van der Waals surface area contributed by atoms with Gasteiger partial charge in [-0.1, -0.05) is 0 Å². The van der Waals surface area contributed by atoms with Gasteiger partial charge in [-0.2, -0.15) is 9.97 Å². The standard InChI is InChI=1S/C3H6N6O.C2H4O2/c4-1-7-2(5)9(10)3(6)8-1;1-2(3)4/h10H,(H5,4,5,6,7,8);1H3,(H,3,4). The number of rotatable bonds is 0. The quantitative estimate of drug-likeness (QED) is 0.311. The Balaban J connectivity index is 0.000000364. The highest BCUT2D eigenvalue weighted by Crippen LogP contribution is 1.89. The summed E-state index contributed by atoms with van der Waals surface area (Å²) in [4.78, 5) is 15.7. The fourth-order valence-electron chi connectivity index (χ4n) is 0.454. The minimum atomic E-state index is -0.833. The highest BCUT2D eigenvalue weighted by molar-refractivity contribution is 5.62. The molecule has 0 saturated carbocycles. The summed E-state index contributed by atoms with van der Waals surface area (Å²) in [6.07, 6.45) is 0. The van der Waals surface area contributed by atoms with Gasteiger partial charge in [0, 0.05) is 6.92 Å². The van der Waals surface area contributed by atoms with E-state index in [1.807, 2.05) is 0 Å². The van der Waals surface area contributed by atoms with Crippen molar-refractivity contribution in [3.63, 3.8) is 0 Å². The number of nitrogen functional groups attached to an aromatic ring is 2. The number of anilines is 2. The van der Waals surface area contributed by atoms with Crippen LogP contribution in [0.15, 0.2) is 0 Å². The highest BCUT2D eigenvalue weighted by Gasteiger charge is 1.98. The number of hydrogen-bond donors (Lipinski definition) is 5. The number of carboxylic acid groups (broad SMARTS) is 1. The van der Waals surface area contributed by atoms with Crippen molar-refractivity contribution in [1.29, 1.82) is 5.41 Å². The zero-order valence-electron chi connectivity index (χ0n) is 7.30. The van der Waals surface area contributed by atoms with Crippen LogP contribution in [0.1, 0.15) is 6.92 Å². The van der Waals surface area contributed by atoms with Crippen LogP contribution in [0.25, 0.3) is 0 Å². The Hall–Kier alpha value is -2.32. The molecule has 7 N–H and O–H groups in total. The molecule has 14 heavy (non-hydrogen) atoms. The van der Waals surface area contributed by atoms with Gasteiger partial charge < -0.3 is 21.8 Å². The molecular weight excluding hydrogens is 192 g/mol. The number of hydrogen-bond acceptors (Lipinski definition) is 7. The number of aliphatic carboxylic acids is 1. The van der Waals surface area contributed by atoms with Crippen molar-refractivity contribution < 1.29 is 15.1 Å². The minimum Gasteiger partial charge on any atom is -0.481 e. The molecule has 0 aliphatic carbocycles. The van der Waals surface area contributed by atoms with Crippen molar-refractivity contribution >= 4 is 17.9 Å². The zero-order valence-corrected chi connectivity index (χ0v) is 7.30. The number of nitrogens with two attached hydrogens (primary N) is 2. The van der Waals surface area contributed by atoms with E-state index in [0.29, 0.717) is 4.73 Å². The summed E-state index contributed by atoms with van der Waals surface area (Å²) in [5.41, 5.74) is 9.73. The highest BCUT2D eigenvalue weighted by atomic mass is 16.5. The third-order valence-electron chi connectivity index (χ3n) is 0.867. The SMILES string of the molecule is CC(=O)O.N=c1nc(N)nc(N)n1O. The van der Waals surface area contributed by atoms with Crippen LogP contribution in [-0.2, 0) is 4.79 Å². The van der Waals surface area contributed by atoms with Crippen molar-refractivity contribution in [2.75, 3.05) is 11.5 Å². The lowest BCUT2D eigenvalue weighted by atomic mass is 10.9. The van der Waals surface area contributed by atoms with Crippen molar-refractivity contribution in [2.24, 2.45) is 0 Å². The molecule has 0 aliphatic heterocycles. The van der Waals surface area contributed by atoms with Gasteiger partial charge >= 0.3 is 0 Å². The fourth-order valence-corrected chi connectivity index (χ4v) is 0.454. The molecule has 78 valence electrons. The molecule has 1 rings (SSSR count). The molecule has 1 aromatic heterocycles. The Labute approximate surface area is 78.1 Å². The second-order valence-corrected chi connectivity index (χ2v) is 2.09. The largest absolute Gasteiger partial charge is 0.481 e. The normalized spacial score (nSPS) is 8.64. The van der Waals surface area contributed by atoms with Crippen molar-refractivity contribution in [3.8, 4) is 0 Å². The average molecular weight is 202 g/mol. The summed E-state index contributed by atoms with van der Waals surface area (Å²) < 4.78 is 0.330. The summed E-state index contributed by atoms with van der Waals surface area (Å²) in [5, 5.41) is 23.1. The maximum atomic E-state index is 9.00. The summed E-state index contributed by atoms with van der Waals surface area (Å²) in [7, 11) is 0. The fraction of sp³-hybridized carbons (Fsp3) is 0.200. The second kappa shape index (κ2) is 4.64. The zero-order chi connectivity index (χ0) is 11.3. The molecule has 1 aromatic rings. The van der Waals surface area contributed by atoms with Crippen LogP contribution in [0.4, 0.5) is 11.9 Å². The predicted molar refractivity (Wildman–Crippen MR) is 45.2 cm³/mol. The van der Waals surface area contributed by atoms with E-state index in [0.717, 1.165) is 6.92 Å². The monoisotopic (exact) mass is 202 g/mol. The number of nitrogens with one attached hydrogen (secondary N) is 1. The van der Waals surface area contributed by atoms with Gasteiger partial charge in [0.2, 0.25) is 11.9 Å². The molecule has 0 radical (unpaired) electrons. The molecule has 0 saturated heterocycles. The van der Waals surface area contributed by atoms with E-state index in [9.17, 15) is 0 Å². The van der Waals surface area contributed by atoms with Gasteiger partial charge in [-0.15, -0.1) is 4.73 Å². The Kier molecular flexibility index (Phi) is 3.87. The second-order valence-electron chi connectivity index (χ2n) is 2.09. The van der Waals surface area contributed by atoms with Crippen molar-refractivity contribution in [2.45, 2.75) is 6.92 Å². The number of carbonyl (C=O) groups is 1. The smallest absolute Gasteiger partial charge is 0.300 e. The minimum absolute atomic E-state index is 0.132. The molecule has 0 unspecified atom stereocenters. The van der Waals surface area contributed by atoms with Crippen LogP contribution in [-0.4, -0.2) is 31.0 Å². The summed E-state index contributed by atoms with van der Waals surface area (Å²) in [5.74, 6) is -1.22. The first-order valence-corrected chi connectivity index (χ1v) is 3.30. The van der Waals surface area contributed by atoms with Crippen LogP contribution in [0, 0.1) is 5.41 Å². The van der Waals surface area contributed by atoms with Gasteiger partial charge in [0.1, 0.15) is 0 Å². The first-order valence-electron chi connectivity index (χ1n) is 3.30. The van der Waals surface area contributed by atoms with Crippen molar-refractivity contribution in [3.05, 3.63) is 5.62 Å². The Bertz CT molecular complexity index is 382. The lowest BCUT2D eigenvalue weighted by molar-refractivity contribution is -0.134. The lowest BCUT2D eigenvalue weighted by Gasteiger charge is -1.99. The molecule has 0 spiro atoms. The van der Waals surface area contributed by atoms with Gasteiger partial charge in [-0.05, 0) is 0 Å². The van der Waals surface area contributed by atoms with Crippen LogP contribution < -0.4 is 17.1 Å². The van der Waals surface area contributed by atoms with Gasteiger partial charge in [-0.3, -0.25) is 10.2 Å². The molecule has 0 atom stereocenters. The maximum Gasteiger partial charge on any atom is 0.300 e. The first-order chi connectivity index (χ1) is 6.34. The molecule has 9 heteroatoms. The van der Waals surface area contributed by atoms with Gasteiger partial charge in [0.25, 0.3) is 11.6 Å². The number of nitrogens with zero attached hydrogens (tertiary/aromatic N) is 3. The molecule has 0 aliphatic rings. The Morgan fingerprint density at radius 3 is 2.29 bits per heavy atom. The van der Waals surface area contributed by atoms with Gasteiger partial charge in [0.05, 0.1) is 0 Å².